The van der Waals surface area contributed by atoms with E-state index in [0.29, 0.717) is 28.6 Å². The zero-order valence-electron chi connectivity index (χ0n) is 19.4. The van der Waals surface area contributed by atoms with E-state index in [4.69, 9.17) is 4.74 Å². The van der Waals surface area contributed by atoms with Gasteiger partial charge in [-0.3, -0.25) is 9.59 Å². The number of nitrogens with zero attached hydrogens (tertiary/aromatic N) is 1. The third-order valence-electron chi connectivity index (χ3n) is 5.75. The van der Waals surface area contributed by atoms with Crippen molar-refractivity contribution in [3.8, 4) is 5.75 Å². The maximum absolute atomic E-state index is 14.2. The number of ether oxygens (including phenoxy) is 1. The molecule has 3 aromatic carbocycles. The summed E-state index contributed by atoms with van der Waals surface area (Å²) in [6.45, 7) is 5.99. The topological polar surface area (TPSA) is 58.6 Å². The number of halogens is 1. The summed E-state index contributed by atoms with van der Waals surface area (Å²) in [6.07, 6.45) is 2.52. The van der Waals surface area contributed by atoms with Crippen LogP contribution in [0.15, 0.2) is 72.8 Å². The molecule has 6 heteroatoms. The molecule has 0 radical (unpaired) electrons. The zero-order chi connectivity index (χ0) is 24.2. The average Bonchev–Trinajstić information content (AvgIpc) is 2.82. The van der Waals surface area contributed by atoms with Crippen LogP contribution in [0.5, 0.6) is 5.75 Å². The molecule has 2 amide bonds. The molecule has 0 aromatic heterocycles. The number of carbonyl (C=O) groups excluding carboxylic acids is 2. The Kier molecular flexibility index (Phi) is 6.77. The fourth-order valence-electron chi connectivity index (χ4n) is 3.79. The first-order valence-corrected chi connectivity index (χ1v) is 11.3. The van der Waals surface area contributed by atoms with Crippen molar-refractivity contribution in [2.24, 2.45) is 0 Å². The van der Waals surface area contributed by atoms with Crippen molar-refractivity contribution in [2.45, 2.75) is 39.3 Å². The quantitative estimate of drug-likeness (QED) is 0.467. The first-order chi connectivity index (χ1) is 16.3. The van der Waals surface area contributed by atoms with Crippen LogP contribution >= 0.6 is 0 Å². The predicted octanol–water partition coefficient (Wildman–Crippen LogP) is 5.92. The SMILES string of the molecule is CC1Oc2ccc(NC(=O)/C=C/c3ccc(C(C)C)cc3)cc2N(Cc2ccccc2F)C1=O. The molecule has 3 aromatic rings. The summed E-state index contributed by atoms with van der Waals surface area (Å²) in [7, 11) is 0. The van der Waals surface area contributed by atoms with Gasteiger partial charge in [0.2, 0.25) is 5.91 Å². The molecule has 4 rings (SSSR count). The molecule has 0 aliphatic carbocycles. The molecule has 1 N–H and O–H groups in total. The van der Waals surface area contributed by atoms with E-state index >= 15 is 0 Å². The molecule has 174 valence electrons. The minimum Gasteiger partial charge on any atom is -0.479 e. The lowest BCUT2D eigenvalue weighted by molar-refractivity contribution is -0.125. The predicted molar refractivity (Wildman–Crippen MR) is 132 cm³/mol. The average molecular weight is 459 g/mol. The van der Waals surface area contributed by atoms with Gasteiger partial charge in [0.25, 0.3) is 5.91 Å². The van der Waals surface area contributed by atoms with E-state index in [1.54, 1.807) is 49.4 Å². The second kappa shape index (κ2) is 9.91. The molecule has 0 fully saturated rings. The highest BCUT2D eigenvalue weighted by Gasteiger charge is 2.32. The molecular weight excluding hydrogens is 431 g/mol. The van der Waals surface area contributed by atoms with Crippen molar-refractivity contribution in [2.75, 3.05) is 10.2 Å². The lowest BCUT2D eigenvalue weighted by Crippen LogP contribution is -2.44. The van der Waals surface area contributed by atoms with Crippen molar-refractivity contribution in [1.29, 1.82) is 0 Å². The second-order valence-corrected chi connectivity index (χ2v) is 8.60. The minimum absolute atomic E-state index is 0.0654. The number of carbonyl (C=O) groups is 2. The third kappa shape index (κ3) is 5.17. The number of amides is 2. The van der Waals surface area contributed by atoms with Crippen LogP contribution in [0.4, 0.5) is 15.8 Å². The number of hydrogen-bond donors (Lipinski definition) is 1. The first kappa shape index (κ1) is 23.2. The first-order valence-electron chi connectivity index (χ1n) is 11.3. The van der Waals surface area contributed by atoms with Crippen LogP contribution in [0, 0.1) is 5.82 Å². The molecule has 34 heavy (non-hydrogen) atoms. The lowest BCUT2D eigenvalue weighted by atomic mass is 10.0. The standard InChI is InChI=1S/C28H27FN2O3/c1-18(2)21-11-8-20(9-12-21)10-15-27(32)30-23-13-14-26-25(16-23)31(28(33)19(3)34-26)17-22-6-4-5-7-24(22)29/h4-16,18-19H,17H2,1-3H3,(H,30,32)/b15-10+. The van der Waals surface area contributed by atoms with Gasteiger partial charge in [0.05, 0.1) is 12.2 Å². The van der Waals surface area contributed by atoms with Crippen LogP contribution in [0.25, 0.3) is 6.08 Å². The monoisotopic (exact) mass is 458 g/mol. The van der Waals surface area contributed by atoms with Gasteiger partial charge < -0.3 is 15.0 Å². The van der Waals surface area contributed by atoms with Gasteiger partial charge in [-0.15, -0.1) is 0 Å². The van der Waals surface area contributed by atoms with Gasteiger partial charge in [0.1, 0.15) is 11.6 Å². The van der Waals surface area contributed by atoms with E-state index in [1.807, 2.05) is 24.3 Å². The highest BCUT2D eigenvalue weighted by atomic mass is 19.1. The number of nitrogens with one attached hydrogen (secondary N) is 1. The fourth-order valence-corrected chi connectivity index (χ4v) is 3.79. The smallest absolute Gasteiger partial charge is 0.268 e. The summed E-state index contributed by atoms with van der Waals surface area (Å²) in [6, 6.07) is 19.5. The van der Waals surface area contributed by atoms with Crippen LogP contribution in [-0.4, -0.2) is 17.9 Å². The molecule has 1 atom stereocenters. The number of anilines is 2. The Labute approximate surface area is 198 Å². The molecule has 5 nitrogen and oxygen atoms in total. The Morgan fingerprint density at radius 2 is 1.85 bits per heavy atom. The van der Waals surface area contributed by atoms with Crippen molar-refractivity contribution in [3.05, 3.63) is 95.3 Å². The van der Waals surface area contributed by atoms with E-state index in [1.165, 1.54) is 22.6 Å². The fraction of sp³-hybridized carbons (Fsp3) is 0.214. The molecule has 0 spiro atoms. The van der Waals surface area contributed by atoms with Gasteiger partial charge in [0, 0.05) is 17.3 Å². The van der Waals surface area contributed by atoms with Crippen LogP contribution in [0.2, 0.25) is 0 Å². The molecule has 1 aliphatic heterocycles. The zero-order valence-corrected chi connectivity index (χ0v) is 19.4. The largest absolute Gasteiger partial charge is 0.479 e. The second-order valence-electron chi connectivity index (χ2n) is 8.60. The Bertz CT molecular complexity index is 1230. The summed E-state index contributed by atoms with van der Waals surface area (Å²) in [5.41, 5.74) is 3.55. The minimum atomic E-state index is -0.690. The Balaban J connectivity index is 1.52. The number of hydrogen-bond acceptors (Lipinski definition) is 3. The number of benzene rings is 3. The van der Waals surface area contributed by atoms with Crippen LogP contribution in [-0.2, 0) is 16.1 Å². The Morgan fingerprint density at radius 1 is 1.12 bits per heavy atom. The highest BCUT2D eigenvalue weighted by Crippen LogP contribution is 2.37. The molecule has 0 saturated heterocycles. The molecular formula is C28H27FN2O3. The van der Waals surface area contributed by atoms with Crippen molar-refractivity contribution in [3.63, 3.8) is 0 Å². The Hall–Kier alpha value is -3.93. The van der Waals surface area contributed by atoms with E-state index < -0.39 is 6.10 Å². The van der Waals surface area contributed by atoms with Gasteiger partial charge in [-0.1, -0.05) is 56.3 Å². The van der Waals surface area contributed by atoms with Crippen LogP contribution in [0.1, 0.15) is 43.4 Å². The van der Waals surface area contributed by atoms with E-state index in [0.717, 1.165) is 5.56 Å². The van der Waals surface area contributed by atoms with Gasteiger partial charge in [-0.05, 0) is 54.3 Å². The molecule has 0 bridgehead atoms. The summed E-state index contributed by atoms with van der Waals surface area (Å²) in [5.74, 6) is -0.00898. The summed E-state index contributed by atoms with van der Waals surface area (Å²) < 4.78 is 20.0. The number of rotatable bonds is 6. The summed E-state index contributed by atoms with van der Waals surface area (Å²) >= 11 is 0. The molecule has 1 heterocycles. The third-order valence-corrected chi connectivity index (χ3v) is 5.75. The van der Waals surface area contributed by atoms with Crippen LogP contribution in [0.3, 0.4) is 0 Å². The summed E-state index contributed by atoms with van der Waals surface area (Å²) in [5, 5.41) is 2.82. The molecule has 1 unspecified atom stereocenters. The van der Waals surface area contributed by atoms with Crippen LogP contribution < -0.4 is 15.0 Å². The highest BCUT2D eigenvalue weighted by molar-refractivity contribution is 6.04. The van der Waals surface area contributed by atoms with Gasteiger partial charge in [0.15, 0.2) is 6.10 Å². The lowest BCUT2D eigenvalue weighted by Gasteiger charge is -2.33. The van der Waals surface area contributed by atoms with Crippen molar-refractivity contribution < 1.29 is 18.7 Å². The number of fused-ring (bicyclic) bond motifs is 1. The molecule has 1 aliphatic rings. The van der Waals surface area contributed by atoms with Gasteiger partial charge in [-0.2, -0.15) is 0 Å². The van der Waals surface area contributed by atoms with E-state index in [9.17, 15) is 14.0 Å². The van der Waals surface area contributed by atoms with E-state index in [-0.39, 0.29) is 24.2 Å². The summed E-state index contributed by atoms with van der Waals surface area (Å²) in [4.78, 5) is 26.8. The normalized spacial score (nSPS) is 15.4. The maximum Gasteiger partial charge on any atom is 0.268 e. The van der Waals surface area contributed by atoms with E-state index in [2.05, 4.69) is 19.2 Å². The van der Waals surface area contributed by atoms with Gasteiger partial charge >= 0.3 is 0 Å². The van der Waals surface area contributed by atoms with Gasteiger partial charge in [-0.25, -0.2) is 4.39 Å². The Morgan fingerprint density at radius 3 is 2.56 bits per heavy atom. The van der Waals surface area contributed by atoms with Crippen molar-refractivity contribution >= 4 is 29.3 Å². The molecule has 0 saturated carbocycles. The van der Waals surface area contributed by atoms with Crippen molar-refractivity contribution in [1.82, 2.24) is 0 Å². The maximum atomic E-state index is 14.2.